The van der Waals surface area contributed by atoms with Crippen molar-refractivity contribution < 1.29 is 17.0 Å². The molecule has 0 aromatic heterocycles. The monoisotopic (exact) mass is 282 g/mol. The second-order valence-corrected chi connectivity index (χ2v) is 4.78. The highest BCUT2D eigenvalue weighted by atomic mass is 79.9. The molecular weight excluding hydrogens is 275 g/mol. The van der Waals surface area contributed by atoms with Crippen molar-refractivity contribution in [2.24, 2.45) is 0 Å². The van der Waals surface area contributed by atoms with Gasteiger partial charge in [0.05, 0.1) is 11.6 Å². The lowest BCUT2D eigenvalue weighted by molar-refractivity contribution is 0.411. The Kier molecular flexibility index (Phi) is 3.49. The van der Waals surface area contributed by atoms with E-state index in [4.69, 9.17) is 4.74 Å². The van der Waals surface area contributed by atoms with E-state index in [9.17, 15) is 12.3 Å². The molecule has 1 aromatic rings. The average Bonchev–Trinajstić information content (AvgIpc) is 2.06. The Bertz CT molecular complexity index is 430. The lowest BCUT2D eigenvalue weighted by Crippen LogP contribution is -1.98. The van der Waals surface area contributed by atoms with E-state index in [1.807, 2.05) is 0 Å². The van der Waals surface area contributed by atoms with E-state index in [-0.39, 0.29) is 0 Å². The first-order valence-corrected chi connectivity index (χ1v) is 6.02. The maximum atomic E-state index is 12.4. The molecule has 0 bridgehead atoms. The van der Waals surface area contributed by atoms with Crippen LogP contribution in [0.2, 0.25) is 0 Å². The van der Waals surface area contributed by atoms with Gasteiger partial charge >= 0.3 is 10.2 Å². The molecule has 0 radical (unpaired) electrons. The van der Waals surface area contributed by atoms with E-state index >= 15 is 0 Å². The van der Waals surface area contributed by atoms with Gasteiger partial charge < -0.3 is 4.74 Å². The highest BCUT2D eigenvalue weighted by Gasteiger charge is 2.13. The summed E-state index contributed by atoms with van der Waals surface area (Å²) < 4.78 is 38.6. The molecule has 0 atom stereocenters. The fourth-order valence-electron chi connectivity index (χ4n) is 1.01. The standard InChI is InChI=1S/C8H8BrFO3S/c1-13-7-4-2-3-6(8(7)9)5-14(10,11)12/h2-4H,5H2,1H3. The molecule has 0 aliphatic rings. The highest BCUT2D eigenvalue weighted by Crippen LogP contribution is 2.29. The maximum absolute atomic E-state index is 12.4. The number of ether oxygens (including phenoxy) is 1. The lowest BCUT2D eigenvalue weighted by Gasteiger charge is -2.06. The van der Waals surface area contributed by atoms with Gasteiger partial charge in [0.2, 0.25) is 0 Å². The van der Waals surface area contributed by atoms with Crippen LogP contribution in [0.1, 0.15) is 5.56 Å². The molecule has 14 heavy (non-hydrogen) atoms. The van der Waals surface area contributed by atoms with Crippen molar-refractivity contribution in [2.45, 2.75) is 5.75 Å². The van der Waals surface area contributed by atoms with Crippen molar-refractivity contribution >= 4 is 26.2 Å². The molecule has 0 fully saturated rings. The summed E-state index contributed by atoms with van der Waals surface area (Å²) in [6.07, 6.45) is 0. The van der Waals surface area contributed by atoms with Crippen LogP contribution in [0, 0.1) is 0 Å². The van der Waals surface area contributed by atoms with Crippen LogP contribution in [-0.4, -0.2) is 15.5 Å². The van der Waals surface area contributed by atoms with Crippen LogP contribution >= 0.6 is 15.9 Å². The third-order valence-corrected chi connectivity index (χ3v) is 3.15. The summed E-state index contributed by atoms with van der Waals surface area (Å²) in [6, 6.07) is 4.77. The molecular formula is C8H8BrFO3S. The summed E-state index contributed by atoms with van der Waals surface area (Å²) in [7, 11) is -3.06. The van der Waals surface area contributed by atoms with Crippen LogP contribution in [-0.2, 0) is 16.0 Å². The third-order valence-electron chi connectivity index (χ3n) is 1.59. The van der Waals surface area contributed by atoms with Gasteiger partial charge in [-0.2, -0.15) is 8.42 Å². The SMILES string of the molecule is COc1cccc(CS(=O)(=O)F)c1Br. The second kappa shape index (κ2) is 4.27. The zero-order valence-corrected chi connectivity index (χ0v) is 9.73. The Balaban J connectivity index is 3.10. The summed E-state index contributed by atoms with van der Waals surface area (Å²) in [5.74, 6) is -0.170. The number of rotatable bonds is 3. The van der Waals surface area contributed by atoms with Crippen LogP contribution in [0.3, 0.4) is 0 Å². The van der Waals surface area contributed by atoms with Crippen LogP contribution < -0.4 is 4.74 Å². The van der Waals surface area contributed by atoms with Gasteiger partial charge in [0.1, 0.15) is 11.5 Å². The average molecular weight is 283 g/mol. The fraction of sp³-hybridized carbons (Fsp3) is 0.250. The second-order valence-electron chi connectivity index (χ2n) is 2.62. The largest absolute Gasteiger partial charge is 0.496 e. The Labute approximate surface area is 90.2 Å². The van der Waals surface area contributed by atoms with Gasteiger partial charge in [-0.3, -0.25) is 0 Å². The maximum Gasteiger partial charge on any atom is 0.306 e. The quantitative estimate of drug-likeness (QED) is 0.799. The van der Waals surface area contributed by atoms with E-state index in [1.54, 1.807) is 12.1 Å². The third kappa shape index (κ3) is 2.95. The van der Waals surface area contributed by atoms with Crippen LogP contribution in [0.15, 0.2) is 22.7 Å². The van der Waals surface area contributed by atoms with Crippen molar-refractivity contribution in [1.82, 2.24) is 0 Å². The number of hydrogen-bond acceptors (Lipinski definition) is 3. The van der Waals surface area contributed by atoms with Gasteiger partial charge in [0.15, 0.2) is 0 Å². The van der Waals surface area contributed by atoms with Gasteiger partial charge in [-0.1, -0.05) is 12.1 Å². The molecule has 78 valence electrons. The predicted octanol–water partition coefficient (Wildman–Crippen LogP) is 2.26. The highest BCUT2D eigenvalue weighted by molar-refractivity contribution is 9.10. The van der Waals surface area contributed by atoms with E-state index in [2.05, 4.69) is 15.9 Å². The van der Waals surface area contributed by atoms with E-state index in [0.717, 1.165) is 0 Å². The minimum atomic E-state index is -4.51. The van der Waals surface area contributed by atoms with Crippen LogP contribution in [0.25, 0.3) is 0 Å². The molecule has 0 aliphatic heterocycles. The number of halogens is 2. The van der Waals surface area contributed by atoms with Crippen molar-refractivity contribution in [3.05, 3.63) is 28.2 Å². The first kappa shape index (κ1) is 11.5. The first-order valence-electron chi connectivity index (χ1n) is 3.68. The van der Waals surface area contributed by atoms with Crippen molar-refractivity contribution in [3.63, 3.8) is 0 Å². The molecule has 0 N–H and O–H groups in total. The predicted molar refractivity (Wildman–Crippen MR) is 54.4 cm³/mol. The zero-order chi connectivity index (χ0) is 10.8. The number of benzene rings is 1. The van der Waals surface area contributed by atoms with Gasteiger partial charge in [-0.05, 0) is 27.6 Å². The lowest BCUT2D eigenvalue weighted by atomic mass is 10.2. The van der Waals surface area contributed by atoms with Crippen LogP contribution in [0.5, 0.6) is 5.75 Å². The fourth-order valence-corrected chi connectivity index (χ4v) is 2.38. The van der Waals surface area contributed by atoms with E-state index < -0.39 is 16.0 Å². The molecule has 1 rings (SSSR count). The summed E-state index contributed by atoms with van der Waals surface area (Å²) in [5.41, 5.74) is 0.340. The molecule has 6 heteroatoms. The van der Waals surface area contributed by atoms with Crippen molar-refractivity contribution in [3.8, 4) is 5.75 Å². The topological polar surface area (TPSA) is 43.4 Å². The molecule has 0 saturated heterocycles. The zero-order valence-electron chi connectivity index (χ0n) is 7.33. The van der Waals surface area contributed by atoms with E-state index in [1.165, 1.54) is 13.2 Å². The summed E-state index contributed by atoms with van der Waals surface area (Å²) in [6.45, 7) is 0. The Hall–Kier alpha value is -0.620. The van der Waals surface area contributed by atoms with E-state index in [0.29, 0.717) is 15.8 Å². The minimum absolute atomic E-state index is 0.340. The van der Waals surface area contributed by atoms with Gasteiger partial charge in [0.25, 0.3) is 0 Å². The number of methoxy groups -OCH3 is 1. The van der Waals surface area contributed by atoms with Gasteiger partial charge in [0, 0.05) is 0 Å². The molecule has 0 amide bonds. The molecule has 0 spiro atoms. The molecule has 1 aromatic carbocycles. The smallest absolute Gasteiger partial charge is 0.306 e. The van der Waals surface area contributed by atoms with Crippen LogP contribution in [0.4, 0.5) is 3.89 Å². The molecule has 0 unspecified atom stereocenters. The molecule has 0 aliphatic carbocycles. The summed E-state index contributed by atoms with van der Waals surface area (Å²) in [4.78, 5) is 0. The Morgan fingerprint density at radius 1 is 1.50 bits per heavy atom. The van der Waals surface area contributed by atoms with Crippen molar-refractivity contribution in [2.75, 3.05) is 7.11 Å². The van der Waals surface area contributed by atoms with Gasteiger partial charge in [-0.15, -0.1) is 3.89 Å². The molecule has 0 heterocycles. The first-order chi connectivity index (χ1) is 6.44. The Morgan fingerprint density at radius 3 is 2.64 bits per heavy atom. The summed E-state index contributed by atoms with van der Waals surface area (Å²) >= 11 is 3.14. The summed E-state index contributed by atoms with van der Waals surface area (Å²) in [5, 5.41) is 0. The van der Waals surface area contributed by atoms with Gasteiger partial charge in [-0.25, -0.2) is 0 Å². The Morgan fingerprint density at radius 2 is 2.14 bits per heavy atom. The number of hydrogen-bond donors (Lipinski definition) is 0. The van der Waals surface area contributed by atoms with Crippen molar-refractivity contribution in [1.29, 1.82) is 0 Å². The normalized spacial score (nSPS) is 11.4. The molecule has 0 saturated carbocycles. The minimum Gasteiger partial charge on any atom is -0.496 e. The molecule has 3 nitrogen and oxygen atoms in total.